The second kappa shape index (κ2) is 6.38. The Bertz CT molecular complexity index is 245. The lowest BCUT2D eigenvalue weighted by Gasteiger charge is -2.37. The fourth-order valence-corrected chi connectivity index (χ4v) is 3.22. The molecule has 0 aromatic rings. The Balaban J connectivity index is 1.83. The first-order valence-corrected chi connectivity index (χ1v) is 8.08. The van der Waals surface area contributed by atoms with Crippen LogP contribution in [0.25, 0.3) is 0 Å². The van der Waals surface area contributed by atoms with Crippen LogP contribution in [0.2, 0.25) is 0 Å². The summed E-state index contributed by atoms with van der Waals surface area (Å²) in [5.74, 6) is 0. The fraction of sp³-hybridized carbons (Fsp3) is 1.00. The molecule has 0 bridgehead atoms. The van der Waals surface area contributed by atoms with Gasteiger partial charge in [-0.3, -0.25) is 4.90 Å². The molecule has 2 aliphatic rings. The molecule has 1 aliphatic carbocycles. The molecule has 18 heavy (non-hydrogen) atoms. The zero-order chi connectivity index (χ0) is 13.0. The first kappa shape index (κ1) is 14.3. The number of nitrogens with zero attached hydrogens (tertiary/aromatic N) is 1. The highest BCUT2D eigenvalue weighted by Gasteiger charge is 2.29. The van der Waals surface area contributed by atoms with Crippen molar-refractivity contribution in [1.29, 1.82) is 0 Å². The topological polar surface area (TPSA) is 15.3 Å². The molecule has 2 heteroatoms. The molecule has 106 valence electrons. The molecule has 0 spiro atoms. The first-order valence-electron chi connectivity index (χ1n) is 8.08. The van der Waals surface area contributed by atoms with E-state index in [9.17, 15) is 0 Å². The molecule has 1 heterocycles. The van der Waals surface area contributed by atoms with E-state index in [2.05, 4.69) is 31.0 Å². The minimum atomic E-state index is 0.417. The molecule has 2 nitrogen and oxygen atoms in total. The van der Waals surface area contributed by atoms with Crippen molar-refractivity contribution >= 4 is 0 Å². The Hall–Kier alpha value is -0.0800. The number of nitrogens with one attached hydrogen (secondary N) is 1. The third kappa shape index (κ3) is 4.55. The standard InChI is InChI=1S/C16H32N2/c1-4-15-8-6-5-7-11-18(15)13-16(2,3)12-17-14-9-10-14/h14-15,17H,4-13H2,1-3H3. The van der Waals surface area contributed by atoms with Gasteiger partial charge in [0.2, 0.25) is 0 Å². The summed E-state index contributed by atoms with van der Waals surface area (Å²) in [6.07, 6.45) is 9.83. The van der Waals surface area contributed by atoms with E-state index in [0.717, 1.165) is 12.1 Å². The Labute approximate surface area is 114 Å². The van der Waals surface area contributed by atoms with Gasteiger partial charge in [0.25, 0.3) is 0 Å². The molecule has 2 rings (SSSR count). The minimum Gasteiger partial charge on any atom is -0.313 e. The molecule has 0 radical (unpaired) electrons. The van der Waals surface area contributed by atoms with Gasteiger partial charge >= 0.3 is 0 Å². The highest BCUT2D eigenvalue weighted by molar-refractivity contribution is 4.86. The molecule has 1 N–H and O–H groups in total. The van der Waals surface area contributed by atoms with Gasteiger partial charge in [-0.15, -0.1) is 0 Å². The average Bonchev–Trinajstić information content (AvgIpc) is 3.14. The van der Waals surface area contributed by atoms with Crippen LogP contribution in [0.1, 0.15) is 65.7 Å². The summed E-state index contributed by atoms with van der Waals surface area (Å²) in [5.41, 5.74) is 0.417. The molecule has 1 saturated heterocycles. The van der Waals surface area contributed by atoms with E-state index >= 15 is 0 Å². The maximum atomic E-state index is 3.71. The van der Waals surface area contributed by atoms with Crippen LogP contribution in [-0.4, -0.2) is 36.6 Å². The van der Waals surface area contributed by atoms with E-state index < -0.39 is 0 Å². The van der Waals surface area contributed by atoms with Crippen molar-refractivity contribution in [2.45, 2.75) is 77.8 Å². The summed E-state index contributed by atoms with van der Waals surface area (Å²) in [6, 6.07) is 1.68. The molecular formula is C16H32N2. The summed E-state index contributed by atoms with van der Waals surface area (Å²) in [6.45, 7) is 11.0. The zero-order valence-corrected chi connectivity index (χ0v) is 12.7. The molecule has 0 aromatic carbocycles. The summed E-state index contributed by atoms with van der Waals surface area (Å²) >= 11 is 0. The normalized spacial score (nSPS) is 27.2. The van der Waals surface area contributed by atoms with E-state index in [0.29, 0.717) is 5.41 Å². The molecule has 0 aromatic heterocycles. The average molecular weight is 252 g/mol. The first-order chi connectivity index (χ1) is 8.61. The summed E-state index contributed by atoms with van der Waals surface area (Å²) in [4.78, 5) is 2.78. The smallest absolute Gasteiger partial charge is 0.00928 e. The summed E-state index contributed by atoms with van der Waals surface area (Å²) < 4.78 is 0. The van der Waals surface area contributed by atoms with Gasteiger partial charge in [0.15, 0.2) is 0 Å². The van der Waals surface area contributed by atoms with E-state index in [1.807, 2.05) is 0 Å². The van der Waals surface area contributed by atoms with E-state index in [4.69, 9.17) is 0 Å². The van der Waals surface area contributed by atoms with Gasteiger partial charge in [0, 0.05) is 25.2 Å². The predicted molar refractivity (Wildman–Crippen MR) is 78.9 cm³/mol. The second-order valence-corrected chi connectivity index (χ2v) is 7.20. The van der Waals surface area contributed by atoms with Crippen LogP contribution in [0.15, 0.2) is 0 Å². The number of hydrogen-bond donors (Lipinski definition) is 1. The highest BCUT2D eigenvalue weighted by Crippen LogP contribution is 2.26. The maximum Gasteiger partial charge on any atom is 0.00928 e. The van der Waals surface area contributed by atoms with E-state index in [1.165, 1.54) is 64.6 Å². The van der Waals surface area contributed by atoms with Gasteiger partial charge in [-0.05, 0) is 44.1 Å². The number of likely N-dealkylation sites (tertiary alicyclic amines) is 1. The molecule has 2 fully saturated rings. The second-order valence-electron chi connectivity index (χ2n) is 7.20. The van der Waals surface area contributed by atoms with Crippen LogP contribution in [0.4, 0.5) is 0 Å². The molecule has 1 atom stereocenters. The number of rotatable bonds is 6. The fourth-order valence-electron chi connectivity index (χ4n) is 3.22. The van der Waals surface area contributed by atoms with Crippen LogP contribution in [-0.2, 0) is 0 Å². The van der Waals surface area contributed by atoms with Gasteiger partial charge in [-0.25, -0.2) is 0 Å². The van der Waals surface area contributed by atoms with Gasteiger partial charge < -0.3 is 5.32 Å². The maximum absolute atomic E-state index is 3.71. The van der Waals surface area contributed by atoms with Crippen molar-refractivity contribution < 1.29 is 0 Å². The zero-order valence-electron chi connectivity index (χ0n) is 12.7. The van der Waals surface area contributed by atoms with E-state index in [-0.39, 0.29) is 0 Å². The SMILES string of the molecule is CCC1CCCCCN1CC(C)(C)CNC1CC1. The van der Waals surface area contributed by atoms with Crippen molar-refractivity contribution in [2.75, 3.05) is 19.6 Å². The molecule has 1 unspecified atom stereocenters. The number of hydrogen-bond acceptors (Lipinski definition) is 2. The Morgan fingerprint density at radius 1 is 1.11 bits per heavy atom. The van der Waals surface area contributed by atoms with Crippen LogP contribution in [0.3, 0.4) is 0 Å². The lowest BCUT2D eigenvalue weighted by molar-refractivity contribution is 0.126. The van der Waals surface area contributed by atoms with Crippen molar-refractivity contribution in [3.8, 4) is 0 Å². The third-order valence-electron chi connectivity index (χ3n) is 4.55. The van der Waals surface area contributed by atoms with Crippen molar-refractivity contribution in [1.82, 2.24) is 10.2 Å². The van der Waals surface area contributed by atoms with Crippen LogP contribution >= 0.6 is 0 Å². The van der Waals surface area contributed by atoms with Crippen molar-refractivity contribution in [3.05, 3.63) is 0 Å². The Kier molecular flexibility index (Phi) is 5.08. The Morgan fingerprint density at radius 2 is 1.89 bits per heavy atom. The van der Waals surface area contributed by atoms with E-state index in [1.54, 1.807) is 0 Å². The molecule has 1 saturated carbocycles. The van der Waals surface area contributed by atoms with Crippen LogP contribution < -0.4 is 5.32 Å². The Morgan fingerprint density at radius 3 is 2.56 bits per heavy atom. The lowest BCUT2D eigenvalue weighted by atomic mass is 9.91. The molecular weight excluding hydrogens is 220 g/mol. The summed E-state index contributed by atoms with van der Waals surface area (Å²) in [7, 11) is 0. The van der Waals surface area contributed by atoms with Crippen molar-refractivity contribution in [3.63, 3.8) is 0 Å². The summed E-state index contributed by atoms with van der Waals surface area (Å²) in [5, 5.41) is 3.71. The highest BCUT2D eigenvalue weighted by atomic mass is 15.2. The molecule has 0 amide bonds. The molecule has 1 aliphatic heterocycles. The third-order valence-corrected chi connectivity index (χ3v) is 4.55. The van der Waals surface area contributed by atoms with Gasteiger partial charge in [0.1, 0.15) is 0 Å². The largest absolute Gasteiger partial charge is 0.313 e. The predicted octanol–water partition coefficient (Wildman–Crippen LogP) is 3.42. The lowest BCUT2D eigenvalue weighted by Crippen LogP contribution is -2.45. The van der Waals surface area contributed by atoms with Gasteiger partial charge in [-0.2, -0.15) is 0 Å². The van der Waals surface area contributed by atoms with Crippen LogP contribution in [0.5, 0.6) is 0 Å². The van der Waals surface area contributed by atoms with Gasteiger partial charge in [0.05, 0.1) is 0 Å². The quantitative estimate of drug-likeness (QED) is 0.779. The van der Waals surface area contributed by atoms with Gasteiger partial charge in [-0.1, -0.05) is 33.6 Å². The monoisotopic (exact) mass is 252 g/mol. The van der Waals surface area contributed by atoms with Crippen molar-refractivity contribution in [2.24, 2.45) is 5.41 Å². The minimum absolute atomic E-state index is 0.417. The van der Waals surface area contributed by atoms with Crippen LogP contribution in [0, 0.1) is 5.41 Å².